The molecule has 8 nitrogen and oxygen atoms in total. The maximum Gasteiger partial charge on any atom is 0.259 e. The molecule has 0 aromatic heterocycles. The number of alkyl halides is 1. The number of ether oxygens (including phenoxy) is 1. The van der Waals surface area contributed by atoms with E-state index in [-0.39, 0.29) is 42.4 Å². The lowest BCUT2D eigenvalue weighted by Gasteiger charge is -2.30. The van der Waals surface area contributed by atoms with Crippen LogP contribution in [-0.2, 0) is 25.0 Å². The van der Waals surface area contributed by atoms with Crippen LogP contribution in [0.1, 0.15) is 115 Å². The van der Waals surface area contributed by atoms with Crippen LogP contribution in [0.5, 0.6) is 5.75 Å². The molecule has 6 rings (SSSR count). The molecule has 2 aromatic rings. The number of carbonyl (C=O) groups excluding carboxylic acids is 2. The maximum atomic E-state index is 15.8. The van der Waals surface area contributed by atoms with E-state index in [0.717, 1.165) is 44.9 Å². The van der Waals surface area contributed by atoms with Crippen molar-refractivity contribution in [1.29, 1.82) is 0 Å². The summed E-state index contributed by atoms with van der Waals surface area (Å²) in [6, 6.07) is 10.1. The molecule has 11 heteroatoms. The van der Waals surface area contributed by atoms with Crippen molar-refractivity contribution in [1.82, 2.24) is 15.4 Å². The topological polar surface area (TPSA) is 114 Å². The van der Waals surface area contributed by atoms with Gasteiger partial charge in [-0.15, -0.1) is 0 Å². The zero-order chi connectivity index (χ0) is 34.5. The second-order valence-electron chi connectivity index (χ2n) is 15.4. The molecule has 2 amide bonds. The Hall–Kier alpha value is -3.05. The Bertz CT molecular complexity index is 1670. The lowest BCUT2D eigenvalue weighted by Crippen LogP contribution is -2.48. The van der Waals surface area contributed by atoms with Gasteiger partial charge < -0.3 is 15.4 Å². The molecule has 0 radical (unpaired) electrons. The molecule has 1 aliphatic heterocycles. The second kappa shape index (κ2) is 13.0. The number of carbonyl (C=O) groups is 2. The van der Waals surface area contributed by atoms with Crippen LogP contribution in [-0.4, -0.2) is 55.4 Å². The zero-order valence-corrected chi connectivity index (χ0v) is 29.3. The third-order valence-electron chi connectivity index (χ3n) is 11.3. The van der Waals surface area contributed by atoms with Crippen molar-refractivity contribution in [2.45, 2.75) is 138 Å². The quantitative estimate of drug-likeness (QED) is 0.270. The fourth-order valence-electron chi connectivity index (χ4n) is 7.85. The van der Waals surface area contributed by atoms with Gasteiger partial charge in [-0.2, -0.15) is 0 Å². The first kappa shape index (κ1) is 34.8. The van der Waals surface area contributed by atoms with E-state index in [1.807, 2.05) is 6.07 Å². The summed E-state index contributed by atoms with van der Waals surface area (Å²) in [5, 5.41) is 5.50. The number of benzene rings is 2. The molecule has 3 saturated carbocycles. The van der Waals surface area contributed by atoms with E-state index >= 15 is 8.78 Å². The first-order chi connectivity index (χ1) is 22.6. The molecule has 1 spiro atoms. The Balaban J connectivity index is 1.24. The zero-order valence-electron chi connectivity index (χ0n) is 28.5. The Morgan fingerprint density at radius 1 is 1.02 bits per heavy atom. The lowest BCUT2D eigenvalue weighted by molar-refractivity contribution is -0.132. The van der Waals surface area contributed by atoms with E-state index in [4.69, 9.17) is 4.74 Å². The van der Waals surface area contributed by atoms with E-state index in [1.54, 1.807) is 38.1 Å². The monoisotopic (exact) mass is 685 g/mol. The summed E-state index contributed by atoms with van der Waals surface area (Å²) in [5.41, 5.74) is -0.949. The van der Waals surface area contributed by atoms with Crippen LogP contribution in [0.4, 0.5) is 8.78 Å². The number of nitrogens with one attached hydrogen (secondary N) is 3. The van der Waals surface area contributed by atoms with Gasteiger partial charge in [-0.1, -0.05) is 37.5 Å². The maximum absolute atomic E-state index is 15.8. The first-order valence-electron chi connectivity index (χ1n) is 17.5. The number of halogens is 2. The predicted molar refractivity (Wildman–Crippen MR) is 182 cm³/mol. The average molecular weight is 686 g/mol. The van der Waals surface area contributed by atoms with Gasteiger partial charge in [-0.25, -0.2) is 17.2 Å². The van der Waals surface area contributed by atoms with Gasteiger partial charge in [0.15, 0.2) is 0 Å². The normalized spacial score (nSPS) is 25.7. The lowest BCUT2D eigenvalue weighted by atomic mass is 9.76. The van der Waals surface area contributed by atoms with Crippen molar-refractivity contribution in [2.24, 2.45) is 0 Å². The third-order valence-corrected chi connectivity index (χ3v) is 13.0. The smallest absolute Gasteiger partial charge is 0.259 e. The van der Waals surface area contributed by atoms with Gasteiger partial charge in [0.2, 0.25) is 21.6 Å². The molecule has 0 unspecified atom stereocenters. The third kappa shape index (κ3) is 6.73. The number of sulfonamides is 1. The molecule has 1 heterocycles. The summed E-state index contributed by atoms with van der Waals surface area (Å²) >= 11 is 0. The van der Waals surface area contributed by atoms with E-state index in [0.29, 0.717) is 47.3 Å². The van der Waals surface area contributed by atoms with Crippen LogP contribution in [0.2, 0.25) is 0 Å². The van der Waals surface area contributed by atoms with E-state index in [1.165, 1.54) is 19.9 Å². The molecular formula is C37H49F2N3O5S. The van der Waals surface area contributed by atoms with Crippen LogP contribution in [0.3, 0.4) is 0 Å². The van der Waals surface area contributed by atoms with Gasteiger partial charge in [0, 0.05) is 36.5 Å². The van der Waals surface area contributed by atoms with Crippen molar-refractivity contribution in [3.8, 4) is 16.9 Å². The van der Waals surface area contributed by atoms with Gasteiger partial charge in [0.05, 0.1) is 10.7 Å². The Labute approximate surface area is 283 Å². The Kier molecular flexibility index (Phi) is 9.43. The largest absolute Gasteiger partial charge is 0.490 e. The van der Waals surface area contributed by atoms with E-state index in [2.05, 4.69) is 15.4 Å². The summed E-state index contributed by atoms with van der Waals surface area (Å²) in [4.78, 5) is 26.5. The highest BCUT2D eigenvalue weighted by Gasteiger charge is 2.54. The van der Waals surface area contributed by atoms with Crippen LogP contribution in [0.15, 0.2) is 36.4 Å². The standard InChI is InChI=1S/C37H49F2N3O5S/c1-23(2)48(45,46)42-33(43)35(3,4)25-13-16-31(29(19-25)28-11-8-12-30(38)32(28)24-9-7-10-24)47-27-15-14-26(20-27)41-34(44)37(39)21-36(40-22-37)17-5-6-18-36/h8,11-13,16,19,23-24,26-27,40H,5-7,9-10,14-15,17-18,20-22H2,1-4H3,(H,41,44)(H,42,43)/t26-,27-,37-/m1/s1. The summed E-state index contributed by atoms with van der Waals surface area (Å²) in [5.74, 6) is -0.932. The minimum absolute atomic E-state index is 0.0376. The summed E-state index contributed by atoms with van der Waals surface area (Å²) in [6.45, 7) is 6.37. The van der Waals surface area contributed by atoms with Gasteiger partial charge >= 0.3 is 0 Å². The molecular weight excluding hydrogens is 636 g/mol. The Morgan fingerprint density at radius 3 is 2.42 bits per heavy atom. The molecule has 48 heavy (non-hydrogen) atoms. The van der Waals surface area contributed by atoms with Gasteiger partial charge in [0.1, 0.15) is 17.7 Å². The van der Waals surface area contributed by atoms with Crippen LogP contribution < -0.4 is 20.1 Å². The molecule has 3 N–H and O–H groups in total. The van der Waals surface area contributed by atoms with Crippen molar-refractivity contribution in [3.05, 3.63) is 53.3 Å². The fourth-order valence-corrected chi connectivity index (χ4v) is 8.60. The van der Waals surface area contributed by atoms with Crippen LogP contribution >= 0.6 is 0 Å². The fraction of sp³-hybridized carbons (Fsp3) is 0.622. The van der Waals surface area contributed by atoms with Crippen LogP contribution in [0, 0.1) is 5.82 Å². The minimum Gasteiger partial charge on any atom is -0.490 e. The summed E-state index contributed by atoms with van der Waals surface area (Å²) in [7, 11) is -3.85. The van der Waals surface area contributed by atoms with Crippen molar-refractivity contribution in [2.75, 3.05) is 6.54 Å². The molecule has 2 aromatic carbocycles. The summed E-state index contributed by atoms with van der Waals surface area (Å²) in [6.07, 6.45) is 8.41. The number of amides is 2. The van der Waals surface area contributed by atoms with Gasteiger partial charge in [0.25, 0.3) is 5.91 Å². The highest BCUT2D eigenvalue weighted by Crippen LogP contribution is 2.46. The van der Waals surface area contributed by atoms with Crippen molar-refractivity contribution >= 4 is 21.8 Å². The summed E-state index contributed by atoms with van der Waals surface area (Å²) < 4.78 is 65.2. The van der Waals surface area contributed by atoms with Crippen LogP contribution in [0.25, 0.3) is 11.1 Å². The molecule has 262 valence electrons. The minimum atomic E-state index is -3.85. The molecule has 1 saturated heterocycles. The second-order valence-corrected chi connectivity index (χ2v) is 17.6. The van der Waals surface area contributed by atoms with E-state index in [9.17, 15) is 18.0 Å². The highest BCUT2D eigenvalue weighted by molar-refractivity contribution is 7.90. The Morgan fingerprint density at radius 2 is 1.75 bits per heavy atom. The SMILES string of the molecule is CC(C)S(=O)(=O)NC(=O)C(C)(C)c1ccc(O[C@@H]2CC[C@@H](NC(=O)[C@]3(F)CNC4(CCCC4)C3)C2)c(-c2cccc(F)c2C2CCC2)c1. The molecule has 3 atom stereocenters. The molecule has 4 aliphatic rings. The van der Waals surface area contributed by atoms with Gasteiger partial charge in [-0.05, 0) is 107 Å². The molecule has 0 bridgehead atoms. The number of rotatable bonds is 10. The van der Waals surface area contributed by atoms with E-state index < -0.39 is 38.2 Å². The average Bonchev–Trinajstić information content (AvgIpc) is 3.74. The molecule has 3 aliphatic carbocycles. The first-order valence-corrected chi connectivity index (χ1v) is 19.1. The number of hydrogen-bond donors (Lipinski definition) is 3. The predicted octanol–water partition coefficient (Wildman–Crippen LogP) is 6.32. The van der Waals surface area contributed by atoms with Crippen molar-refractivity contribution < 1.29 is 31.5 Å². The highest BCUT2D eigenvalue weighted by atomic mass is 32.2. The van der Waals surface area contributed by atoms with Crippen molar-refractivity contribution in [3.63, 3.8) is 0 Å². The van der Waals surface area contributed by atoms with Gasteiger partial charge in [-0.3, -0.25) is 14.3 Å². The number of hydrogen-bond acceptors (Lipinski definition) is 6. The molecule has 4 fully saturated rings.